The lowest BCUT2D eigenvalue weighted by Crippen LogP contribution is -2.41. The van der Waals surface area contributed by atoms with E-state index in [2.05, 4.69) is 4.98 Å². The molecule has 0 spiro atoms. The predicted octanol–water partition coefficient (Wildman–Crippen LogP) is 1.50. The largest absolute Gasteiger partial charge is 0.481 e. The number of pyridine rings is 1. The normalized spacial score (nSPS) is 10.2. The molecule has 110 valence electrons. The number of methoxy groups -OCH3 is 1. The number of esters is 1. The molecule has 6 nitrogen and oxygen atoms in total. The van der Waals surface area contributed by atoms with Crippen LogP contribution in [0.2, 0.25) is 0 Å². The average Bonchev–Trinajstić information content (AvgIpc) is 2.44. The van der Waals surface area contributed by atoms with Crippen molar-refractivity contribution in [1.29, 1.82) is 0 Å². The fraction of sp³-hybridized carbons (Fsp3) is 0.500. The number of carbonyl (C=O) groups is 2. The molecule has 1 aromatic heterocycles. The molecule has 0 unspecified atom stereocenters. The molecule has 1 rings (SSSR count). The molecule has 0 saturated heterocycles. The van der Waals surface area contributed by atoms with Crippen molar-refractivity contribution in [3.63, 3.8) is 0 Å². The number of aromatic nitrogens is 1. The van der Waals surface area contributed by atoms with Crippen molar-refractivity contribution < 1.29 is 19.1 Å². The lowest BCUT2D eigenvalue weighted by atomic mass is 10.2. The molecular weight excluding hydrogens is 260 g/mol. The van der Waals surface area contributed by atoms with Crippen LogP contribution in [0.4, 0.5) is 0 Å². The van der Waals surface area contributed by atoms with Crippen LogP contribution >= 0.6 is 0 Å². The third-order valence-corrected chi connectivity index (χ3v) is 2.68. The van der Waals surface area contributed by atoms with Gasteiger partial charge < -0.3 is 14.4 Å². The number of hydrogen-bond donors (Lipinski definition) is 0. The molecule has 0 aliphatic carbocycles. The molecule has 0 saturated carbocycles. The molecular formula is C14H20N2O4. The summed E-state index contributed by atoms with van der Waals surface area (Å²) in [6, 6.07) is 3.11. The van der Waals surface area contributed by atoms with E-state index in [9.17, 15) is 9.59 Å². The fourth-order valence-corrected chi connectivity index (χ4v) is 1.63. The second-order valence-corrected chi connectivity index (χ2v) is 4.42. The monoisotopic (exact) mass is 280 g/mol. The summed E-state index contributed by atoms with van der Waals surface area (Å²) in [6.45, 7) is 5.63. The Morgan fingerprint density at radius 3 is 2.50 bits per heavy atom. The van der Waals surface area contributed by atoms with Gasteiger partial charge in [0.15, 0.2) is 0 Å². The number of rotatable bonds is 6. The molecule has 0 bridgehead atoms. The van der Waals surface area contributed by atoms with E-state index < -0.39 is 5.97 Å². The molecule has 1 amide bonds. The predicted molar refractivity (Wildman–Crippen MR) is 73.6 cm³/mol. The van der Waals surface area contributed by atoms with Crippen LogP contribution in [0.25, 0.3) is 0 Å². The summed E-state index contributed by atoms with van der Waals surface area (Å²) in [5.41, 5.74) is 0.406. The first-order valence-electron chi connectivity index (χ1n) is 6.46. The van der Waals surface area contributed by atoms with Crippen LogP contribution in [0.1, 0.15) is 31.1 Å². The van der Waals surface area contributed by atoms with Crippen LogP contribution in [-0.4, -0.2) is 48.1 Å². The standard InChI is InChI=1S/C14H20N2O4/c1-5-20-13(17)9-16(10(2)3)14(18)11-6-7-12(19-4)15-8-11/h6-8,10H,5,9H2,1-4H3. The Balaban J connectivity index is 2.84. The van der Waals surface area contributed by atoms with Gasteiger partial charge in [-0.2, -0.15) is 0 Å². The highest BCUT2D eigenvalue weighted by molar-refractivity contribution is 5.95. The van der Waals surface area contributed by atoms with Gasteiger partial charge in [-0.15, -0.1) is 0 Å². The first-order chi connectivity index (χ1) is 9.49. The quantitative estimate of drug-likeness (QED) is 0.739. The zero-order valence-electron chi connectivity index (χ0n) is 12.3. The van der Waals surface area contributed by atoms with Gasteiger partial charge in [-0.25, -0.2) is 4.98 Å². The maximum Gasteiger partial charge on any atom is 0.325 e. The Morgan fingerprint density at radius 1 is 1.35 bits per heavy atom. The summed E-state index contributed by atoms with van der Waals surface area (Å²) in [6.07, 6.45) is 1.43. The van der Waals surface area contributed by atoms with Crippen LogP contribution in [0.5, 0.6) is 5.88 Å². The second-order valence-electron chi connectivity index (χ2n) is 4.42. The first-order valence-corrected chi connectivity index (χ1v) is 6.46. The fourth-order valence-electron chi connectivity index (χ4n) is 1.63. The van der Waals surface area contributed by atoms with Crippen molar-refractivity contribution in [2.75, 3.05) is 20.3 Å². The molecule has 0 radical (unpaired) electrons. The Hall–Kier alpha value is -2.11. The number of ether oxygens (including phenoxy) is 2. The molecule has 6 heteroatoms. The van der Waals surface area contributed by atoms with E-state index in [0.29, 0.717) is 18.1 Å². The van der Waals surface area contributed by atoms with Crippen molar-refractivity contribution in [2.45, 2.75) is 26.8 Å². The minimum absolute atomic E-state index is 0.0730. The smallest absolute Gasteiger partial charge is 0.325 e. The lowest BCUT2D eigenvalue weighted by Gasteiger charge is -2.25. The summed E-state index contributed by atoms with van der Waals surface area (Å²) in [5, 5.41) is 0. The summed E-state index contributed by atoms with van der Waals surface area (Å²) in [7, 11) is 1.50. The van der Waals surface area contributed by atoms with Crippen LogP contribution < -0.4 is 4.74 Å². The molecule has 1 heterocycles. The summed E-state index contributed by atoms with van der Waals surface area (Å²) >= 11 is 0. The third-order valence-electron chi connectivity index (χ3n) is 2.68. The van der Waals surface area contributed by atoms with Gasteiger partial charge in [0.2, 0.25) is 5.88 Å². The lowest BCUT2D eigenvalue weighted by molar-refractivity contribution is -0.144. The number of hydrogen-bond acceptors (Lipinski definition) is 5. The highest BCUT2D eigenvalue weighted by Crippen LogP contribution is 2.11. The zero-order chi connectivity index (χ0) is 15.1. The van der Waals surface area contributed by atoms with Crippen molar-refractivity contribution >= 4 is 11.9 Å². The summed E-state index contributed by atoms with van der Waals surface area (Å²) in [5.74, 6) is -0.248. The van der Waals surface area contributed by atoms with Gasteiger partial charge in [0, 0.05) is 18.3 Å². The van der Waals surface area contributed by atoms with E-state index in [-0.39, 0.29) is 18.5 Å². The molecule has 0 fully saturated rings. The van der Waals surface area contributed by atoms with E-state index in [1.165, 1.54) is 18.2 Å². The molecule has 0 N–H and O–H groups in total. The molecule has 0 aliphatic rings. The van der Waals surface area contributed by atoms with E-state index in [0.717, 1.165) is 0 Å². The van der Waals surface area contributed by atoms with E-state index >= 15 is 0 Å². The van der Waals surface area contributed by atoms with Gasteiger partial charge in [0.25, 0.3) is 5.91 Å². The molecule has 20 heavy (non-hydrogen) atoms. The van der Waals surface area contributed by atoms with Gasteiger partial charge in [0.05, 0.1) is 19.3 Å². The number of nitrogens with zero attached hydrogens (tertiary/aromatic N) is 2. The van der Waals surface area contributed by atoms with E-state index in [4.69, 9.17) is 9.47 Å². The topological polar surface area (TPSA) is 68.7 Å². The maximum absolute atomic E-state index is 12.4. The van der Waals surface area contributed by atoms with Crippen molar-refractivity contribution in [1.82, 2.24) is 9.88 Å². The van der Waals surface area contributed by atoms with E-state index in [1.807, 2.05) is 13.8 Å². The van der Waals surface area contributed by atoms with Crippen LogP contribution in [0.15, 0.2) is 18.3 Å². The number of carbonyl (C=O) groups excluding carboxylic acids is 2. The Bertz CT molecular complexity index is 457. The Labute approximate surface area is 118 Å². The maximum atomic E-state index is 12.4. The van der Waals surface area contributed by atoms with Crippen molar-refractivity contribution in [3.8, 4) is 5.88 Å². The second kappa shape index (κ2) is 7.47. The van der Waals surface area contributed by atoms with Gasteiger partial charge >= 0.3 is 5.97 Å². The van der Waals surface area contributed by atoms with Crippen LogP contribution in [0, 0.1) is 0 Å². The minimum Gasteiger partial charge on any atom is -0.481 e. The molecule has 0 aromatic carbocycles. The van der Waals surface area contributed by atoms with Gasteiger partial charge in [-0.1, -0.05) is 0 Å². The van der Waals surface area contributed by atoms with Crippen LogP contribution in [-0.2, 0) is 9.53 Å². The summed E-state index contributed by atoms with van der Waals surface area (Å²) < 4.78 is 9.82. The van der Waals surface area contributed by atoms with Crippen LogP contribution in [0.3, 0.4) is 0 Å². The Kier molecular flexibility index (Phi) is 5.96. The van der Waals surface area contributed by atoms with Gasteiger partial charge in [0.1, 0.15) is 6.54 Å². The van der Waals surface area contributed by atoms with E-state index in [1.54, 1.807) is 19.1 Å². The zero-order valence-corrected chi connectivity index (χ0v) is 12.3. The number of amides is 1. The van der Waals surface area contributed by atoms with Gasteiger partial charge in [-0.3, -0.25) is 9.59 Å². The van der Waals surface area contributed by atoms with Crippen molar-refractivity contribution in [2.24, 2.45) is 0 Å². The van der Waals surface area contributed by atoms with Crippen molar-refractivity contribution in [3.05, 3.63) is 23.9 Å². The molecule has 0 atom stereocenters. The summed E-state index contributed by atoms with van der Waals surface area (Å²) in [4.78, 5) is 29.3. The highest BCUT2D eigenvalue weighted by atomic mass is 16.5. The Morgan fingerprint density at radius 2 is 2.05 bits per heavy atom. The SMILES string of the molecule is CCOC(=O)CN(C(=O)c1ccc(OC)nc1)C(C)C. The molecule has 0 aliphatic heterocycles. The van der Waals surface area contributed by atoms with Gasteiger partial charge in [-0.05, 0) is 26.8 Å². The third kappa shape index (κ3) is 4.22. The minimum atomic E-state index is -0.420. The highest BCUT2D eigenvalue weighted by Gasteiger charge is 2.22. The molecule has 1 aromatic rings. The first kappa shape index (κ1) is 15.9. The average molecular weight is 280 g/mol.